The van der Waals surface area contributed by atoms with Gasteiger partial charge in [-0.3, -0.25) is 14.6 Å². The van der Waals surface area contributed by atoms with Crippen LogP contribution >= 0.6 is 0 Å². The monoisotopic (exact) mass is 446 g/mol. The molecule has 0 radical (unpaired) electrons. The first kappa shape index (κ1) is 19.9. The van der Waals surface area contributed by atoms with Gasteiger partial charge in [0, 0.05) is 30.6 Å². The fourth-order valence-electron chi connectivity index (χ4n) is 3.54. The van der Waals surface area contributed by atoms with Gasteiger partial charge in [0.25, 0.3) is 5.91 Å². The minimum absolute atomic E-state index is 0.179. The minimum Gasteiger partial charge on any atom is -0.348 e. The van der Waals surface area contributed by atoms with Gasteiger partial charge in [0.1, 0.15) is 0 Å². The number of aromatic nitrogens is 5. The summed E-state index contributed by atoms with van der Waals surface area (Å²) < 4.78 is 28.0. The van der Waals surface area contributed by atoms with E-state index in [0.717, 1.165) is 16.5 Å². The number of hydrogen-bond donors (Lipinski definition) is 2. The highest BCUT2D eigenvalue weighted by Gasteiger charge is 2.21. The third kappa shape index (κ3) is 3.40. The number of nitrogens with one attached hydrogen (secondary N) is 2. The standard InChI is InChI=1S/C22H18N6O3S/c1-28-19-3-2-4-20(18(19)13-26-28)32(30,31)17-7-5-14(6-8-17)10-24-22(29)16-9-15-12-25-27-21(15)23-11-16/h2-9,11-13H,10H2,1H3,(H,24,29)(H,23,25,27). The summed E-state index contributed by atoms with van der Waals surface area (Å²) in [4.78, 5) is 17.0. The fourth-order valence-corrected chi connectivity index (χ4v) is 5.00. The van der Waals surface area contributed by atoms with E-state index in [0.29, 0.717) is 16.6 Å². The number of amides is 1. The van der Waals surface area contributed by atoms with Crippen molar-refractivity contribution in [3.63, 3.8) is 0 Å². The summed E-state index contributed by atoms with van der Waals surface area (Å²) in [6, 6.07) is 13.3. The highest BCUT2D eigenvalue weighted by molar-refractivity contribution is 7.91. The number of H-pyrrole nitrogens is 1. The predicted molar refractivity (Wildman–Crippen MR) is 118 cm³/mol. The first-order chi connectivity index (χ1) is 15.4. The van der Waals surface area contributed by atoms with E-state index >= 15 is 0 Å². The lowest BCUT2D eigenvalue weighted by atomic mass is 10.2. The van der Waals surface area contributed by atoms with Crippen LogP contribution in [0.5, 0.6) is 0 Å². The van der Waals surface area contributed by atoms with E-state index in [-0.39, 0.29) is 22.2 Å². The molecule has 160 valence electrons. The van der Waals surface area contributed by atoms with Gasteiger partial charge in [0.05, 0.1) is 33.3 Å². The maximum absolute atomic E-state index is 13.2. The number of hydrogen-bond acceptors (Lipinski definition) is 6. The second-order valence-electron chi connectivity index (χ2n) is 7.32. The molecule has 1 amide bonds. The quantitative estimate of drug-likeness (QED) is 0.428. The number of aryl methyl sites for hydroxylation is 1. The zero-order valence-corrected chi connectivity index (χ0v) is 17.8. The Bertz CT molecular complexity index is 1570. The van der Waals surface area contributed by atoms with Gasteiger partial charge in [-0.2, -0.15) is 10.2 Å². The molecule has 10 heteroatoms. The highest BCUT2D eigenvalue weighted by Crippen LogP contribution is 2.28. The summed E-state index contributed by atoms with van der Waals surface area (Å²) in [6.07, 6.45) is 4.64. The molecule has 0 atom stereocenters. The van der Waals surface area contributed by atoms with Crippen LogP contribution in [-0.2, 0) is 23.4 Å². The Labute approximate surface area is 183 Å². The van der Waals surface area contributed by atoms with E-state index in [4.69, 9.17) is 0 Å². The number of aromatic amines is 1. The first-order valence-electron chi connectivity index (χ1n) is 9.75. The van der Waals surface area contributed by atoms with E-state index in [2.05, 4.69) is 25.6 Å². The van der Waals surface area contributed by atoms with E-state index in [9.17, 15) is 13.2 Å². The maximum atomic E-state index is 13.2. The van der Waals surface area contributed by atoms with Gasteiger partial charge in [0.15, 0.2) is 5.65 Å². The number of rotatable bonds is 5. The minimum atomic E-state index is -3.72. The van der Waals surface area contributed by atoms with Crippen LogP contribution in [0.15, 0.2) is 76.9 Å². The number of carbonyl (C=O) groups excluding carboxylic acids is 1. The molecule has 3 aromatic heterocycles. The molecule has 0 unspecified atom stereocenters. The highest BCUT2D eigenvalue weighted by atomic mass is 32.2. The number of sulfone groups is 1. The second-order valence-corrected chi connectivity index (χ2v) is 9.24. The van der Waals surface area contributed by atoms with Crippen molar-refractivity contribution >= 4 is 37.7 Å². The summed E-state index contributed by atoms with van der Waals surface area (Å²) in [5.41, 5.74) is 2.55. The Morgan fingerprint density at radius 1 is 1.09 bits per heavy atom. The number of benzene rings is 2. The van der Waals surface area contributed by atoms with Gasteiger partial charge >= 0.3 is 0 Å². The Morgan fingerprint density at radius 3 is 2.72 bits per heavy atom. The lowest BCUT2D eigenvalue weighted by molar-refractivity contribution is 0.0950. The van der Waals surface area contributed by atoms with Crippen LogP contribution in [0.3, 0.4) is 0 Å². The van der Waals surface area contributed by atoms with Gasteiger partial charge in [-0.15, -0.1) is 0 Å². The van der Waals surface area contributed by atoms with Crippen LogP contribution in [0.1, 0.15) is 15.9 Å². The summed E-state index contributed by atoms with van der Waals surface area (Å²) in [5.74, 6) is -0.277. The van der Waals surface area contributed by atoms with Crippen molar-refractivity contribution in [2.24, 2.45) is 7.05 Å². The van der Waals surface area contributed by atoms with Crippen LogP contribution in [0.2, 0.25) is 0 Å². The Kier molecular flexibility index (Phi) is 4.71. The largest absolute Gasteiger partial charge is 0.348 e. The lowest BCUT2D eigenvalue weighted by Gasteiger charge is -2.09. The zero-order chi connectivity index (χ0) is 22.3. The molecule has 9 nitrogen and oxygen atoms in total. The van der Waals surface area contributed by atoms with E-state index in [1.165, 1.54) is 6.20 Å². The number of fused-ring (bicyclic) bond motifs is 2. The molecule has 32 heavy (non-hydrogen) atoms. The molecule has 0 fully saturated rings. The van der Waals surface area contributed by atoms with Crippen LogP contribution in [0.4, 0.5) is 0 Å². The molecule has 5 rings (SSSR count). The molecule has 2 aromatic carbocycles. The van der Waals surface area contributed by atoms with Gasteiger partial charge < -0.3 is 5.32 Å². The van der Waals surface area contributed by atoms with E-state index < -0.39 is 9.84 Å². The summed E-state index contributed by atoms with van der Waals surface area (Å²) in [5, 5.41) is 14.9. The van der Waals surface area contributed by atoms with E-state index in [1.807, 2.05) is 6.07 Å². The predicted octanol–water partition coefficient (Wildman–Crippen LogP) is 2.61. The SMILES string of the molecule is Cn1ncc2c(S(=O)(=O)c3ccc(CNC(=O)c4cnc5[nH]ncc5c4)cc3)cccc21. The number of carbonyl (C=O) groups is 1. The normalized spacial score (nSPS) is 11.8. The molecule has 2 N–H and O–H groups in total. The maximum Gasteiger partial charge on any atom is 0.253 e. The van der Waals surface area contributed by atoms with Crippen molar-refractivity contribution < 1.29 is 13.2 Å². The van der Waals surface area contributed by atoms with Crippen molar-refractivity contribution in [2.75, 3.05) is 0 Å². The van der Waals surface area contributed by atoms with Crippen molar-refractivity contribution in [3.8, 4) is 0 Å². The molecule has 0 aliphatic heterocycles. The third-order valence-corrected chi connectivity index (χ3v) is 7.11. The van der Waals surface area contributed by atoms with E-state index in [1.54, 1.807) is 66.6 Å². The summed E-state index contributed by atoms with van der Waals surface area (Å²) in [7, 11) is -1.95. The summed E-state index contributed by atoms with van der Waals surface area (Å²) in [6.45, 7) is 0.251. The Hall–Kier alpha value is -4.05. The van der Waals surface area contributed by atoms with Crippen molar-refractivity contribution in [1.29, 1.82) is 0 Å². The van der Waals surface area contributed by atoms with Crippen molar-refractivity contribution in [1.82, 2.24) is 30.3 Å². The summed E-state index contributed by atoms with van der Waals surface area (Å²) >= 11 is 0. The lowest BCUT2D eigenvalue weighted by Crippen LogP contribution is -2.22. The fraction of sp³-hybridized carbons (Fsp3) is 0.0909. The topological polar surface area (TPSA) is 123 Å². The first-order valence-corrected chi connectivity index (χ1v) is 11.2. The molecule has 0 saturated carbocycles. The Morgan fingerprint density at radius 2 is 1.91 bits per heavy atom. The molecule has 0 saturated heterocycles. The van der Waals surface area contributed by atoms with Crippen LogP contribution in [0, 0.1) is 0 Å². The Balaban J connectivity index is 1.33. The van der Waals surface area contributed by atoms with Crippen molar-refractivity contribution in [2.45, 2.75) is 16.3 Å². The second kappa shape index (κ2) is 7.57. The van der Waals surface area contributed by atoms with Crippen LogP contribution < -0.4 is 5.32 Å². The molecule has 0 bridgehead atoms. The average molecular weight is 446 g/mol. The molecule has 5 aromatic rings. The molecule has 3 heterocycles. The molecule has 0 aliphatic carbocycles. The molecule has 0 spiro atoms. The smallest absolute Gasteiger partial charge is 0.253 e. The number of pyridine rings is 1. The zero-order valence-electron chi connectivity index (χ0n) is 17.0. The third-order valence-electron chi connectivity index (χ3n) is 5.28. The van der Waals surface area contributed by atoms with Gasteiger partial charge in [-0.1, -0.05) is 18.2 Å². The van der Waals surface area contributed by atoms with Crippen LogP contribution in [-0.4, -0.2) is 39.3 Å². The molecular weight excluding hydrogens is 428 g/mol. The average Bonchev–Trinajstić information content (AvgIpc) is 3.43. The molecule has 0 aliphatic rings. The van der Waals surface area contributed by atoms with Crippen LogP contribution in [0.25, 0.3) is 21.9 Å². The van der Waals surface area contributed by atoms with Crippen molar-refractivity contribution in [3.05, 3.63) is 78.2 Å². The van der Waals surface area contributed by atoms with Gasteiger partial charge in [0.2, 0.25) is 9.84 Å². The number of nitrogens with zero attached hydrogens (tertiary/aromatic N) is 4. The molecular formula is C22H18N6O3S. The van der Waals surface area contributed by atoms with Gasteiger partial charge in [-0.05, 0) is 35.9 Å². The van der Waals surface area contributed by atoms with Gasteiger partial charge in [-0.25, -0.2) is 13.4 Å².